The van der Waals surface area contributed by atoms with Crippen LogP contribution in [0.15, 0.2) is 35.4 Å². The first-order valence-corrected chi connectivity index (χ1v) is 11.0. The molecule has 1 amide bonds. The van der Waals surface area contributed by atoms with E-state index in [0.717, 1.165) is 5.56 Å². The highest BCUT2D eigenvalue weighted by Gasteiger charge is 2.38. The van der Waals surface area contributed by atoms with Gasteiger partial charge >= 0.3 is 6.09 Å². The van der Waals surface area contributed by atoms with E-state index in [2.05, 4.69) is 29.7 Å². The van der Waals surface area contributed by atoms with Crippen LogP contribution in [0.2, 0.25) is 19.6 Å². The first-order valence-electron chi connectivity index (χ1n) is 7.57. The van der Waals surface area contributed by atoms with Gasteiger partial charge in [-0.15, -0.1) is 0 Å². The van der Waals surface area contributed by atoms with E-state index in [1.54, 1.807) is 4.90 Å². The summed E-state index contributed by atoms with van der Waals surface area (Å²) in [6, 6.07) is 9.14. The van der Waals surface area contributed by atoms with E-state index in [4.69, 9.17) is 14.7 Å². The highest BCUT2D eigenvalue weighted by Crippen LogP contribution is 2.22. The summed E-state index contributed by atoms with van der Waals surface area (Å²) in [6.07, 6.45) is -0.671. The van der Waals surface area contributed by atoms with E-state index >= 15 is 0 Å². The molecule has 124 valence electrons. The van der Waals surface area contributed by atoms with Crippen molar-refractivity contribution >= 4 is 14.4 Å². The Kier molecular flexibility index (Phi) is 5.65. The van der Waals surface area contributed by atoms with Gasteiger partial charge in [-0.05, 0) is 30.7 Å². The van der Waals surface area contributed by atoms with E-state index in [9.17, 15) is 4.79 Å². The highest BCUT2D eigenvalue weighted by molar-refractivity contribution is 6.69. The van der Waals surface area contributed by atoms with Crippen molar-refractivity contribution in [1.29, 1.82) is 0 Å². The van der Waals surface area contributed by atoms with Gasteiger partial charge in [0.15, 0.2) is 8.32 Å². The maximum absolute atomic E-state index is 12.2. The average Bonchev–Trinajstić information content (AvgIpc) is 2.87. The number of hydrogen-bond acceptors (Lipinski definition) is 4. The van der Waals surface area contributed by atoms with Crippen LogP contribution in [0, 0.1) is 0 Å². The molecule has 7 nitrogen and oxygen atoms in total. The number of likely N-dealkylation sites (tertiary alicyclic amines) is 1. The van der Waals surface area contributed by atoms with Crippen molar-refractivity contribution in [2.24, 2.45) is 5.11 Å². The van der Waals surface area contributed by atoms with Gasteiger partial charge in [0.05, 0.1) is 12.1 Å². The molecule has 0 radical (unpaired) electrons. The summed E-state index contributed by atoms with van der Waals surface area (Å²) in [5, 5.41) is 3.77. The van der Waals surface area contributed by atoms with Crippen LogP contribution in [0.25, 0.3) is 10.4 Å². The first kappa shape index (κ1) is 17.3. The molecule has 0 N–H and O–H groups in total. The molecule has 0 aromatic heterocycles. The Hall–Kier alpha value is -2.02. The smallest absolute Gasteiger partial charge is 0.410 e. The number of ether oxygens (including phenoxy) is 1. The van der Waals surface area contributed by atoms with Gasteiger partial charge in [0.1, 0.15) is 6.61 Å². The molecule has 0 unspecified atom stereocenters. The number of benzene rings is 1. The van der Waals surface area contributed by atoms with E-state index in [1.807, 2.05) is 30.3 Å². The van der Waals surface area contributed by atoms with Crippen LogP contribution in [-0.2, 0) is 15.8 Å². The second-order valence-electron chi connectivity index (χ2n) is 6.49. The maximum Gasteiger partial charge on any atom is 0.410 e. The lowest BCUT2D eigenvalue weighted by atomic mass is 10.2. The van der Waals surface area contributed by atoms with Crippen LogP contribution in [0.5, 0.6) is 0 Å². The van der Waals surface area contributed by atoms with Crippen molar-refractivity contribution in [2.75, 3.05) is 13.1 Å². The molecule has 1 heterocycles. The molecule has 1 aromatic rings. The van der Waals surface area contributed by atoms with Gasteiger partial charge in [-0.1, -0.05) is 35.4 Å². The van der Waals surface area contributed by atoms with Crippen LogP contribution in [0.3, 0.4) is 0 Å². The monoisotopic (exact) mass is 334 g/mol. The summed E-state index contributed by atoms with van der Waals surface area (Å²) in [6.45, 7) is 7.14. The van der Waals surface area contributed by atoms with Crippen LogP contribution < -0.4 is 0 Å². The fraction of sp³-hybridized carbons (Fsp3) is 0.533. The van der Waals surface area contributed by atoms with Gasteiger partial charge < -0.3 is 14.1 Å². The number of amides is 1. The van der Waals surface area contributed by atoms with Crippen molar-refractivity contribution in [3.05, 3.63) is 46.3 Å². The maximum atomic E-state index is 12.2. The van der Waals surface area contributed by atoms with Crippen LogP contribution in [0.4, 0.5) is 4.79 Å². The zero-order valence-corrected chi connectivity index (χ0v) is 14.7. The summed E-state index contributed by atoms with van der Waals surface area (Å²) >= 11 is 0. The first-order chi connectivity index (χ1) is 10.9. The normalized spacial score (nSPS) is 20.9. The van der Waals surface area contributed by atoms with Crippen LogP contribution >= 0.6 is 0 Å². The van der Waals surface area contributed by atoms with Crippen LogP contribution in [0.1, 0.15) is 5.56 Å². The quantitative estimate of drug-likeness (QED) is 0.357. The summed E-state index contributed by atoms with van der Waals surface area (Å²) < 4.78 is 11.4. The molecule has 0 bridgehead atoms. The van der Waals surface area contributed by atoms with Crippen molar-refractivity contribution in [2.45, 2.75) is 38.4 Å². The van der Waals surface area contributed by atoms with Gasteiger partial charge in [-0.25, -0.2) is 4.79 Å². The lowest BCUT2D eigenvalue weighted by Gasteiger charge is -2.25. The second kappa shape index (κ2) is 7.50. The number of hydrogen-bond donors (Lipinski definition) is 0. The molecule has 1 saturated heterocycles. The van der Waals surface area contributed by atoms with E-state index in [0.29, 0.717) is 13.1 Å². The zero-order valence-electron chi connectivity index (χ0n) is 13.7. The Labute approximate surface area is 136 Å². The Morgan fingerprint density at radius 2 is 2.04 bits per heavy atom. The molecule has 1 aromatic carbocycles. The topological polar surface area (TPSA) is 87.5 Å². The third-order valence-corrected chi connectivity index (χ3v) is 4.42. The summed E-state index contributed by atoms with van der Waals surface area (Å²) in [5.74, 6) is 0. The lowest BCUT2D eigenvalue weighted by molar-refractivity contribution is 0.0986. The van der Waals surface area contributed by atoms with Crippen molar-refractivity contribution in [3.8, 4) is 0 Å². The number of carbonyl (C=O) groups is 1. The van der Waals surface area contributed by atoms with Gasteiger partial charge in [0, 0.05) is 18.0 Å². The Bertz CT molecular complexity index is 584. The molecule has 0 saturated carbocycles. The van der Waals surface area contributed by atoms with Crippen molar-refractivity contribution in [1.82, 2.24) is 4.90 Å². The molecular formula is C15H22N4O3Si. The molecular weight excluding hydrogens is 312 g/mol. The Morgan fingerprint density at radius 1 is 1.35 bits per heavy atom. The second-order valence-corrected chi connectivity index (χ2v) is 10.9. The molecule has 2 atom stereocenters. The summed E-state index contributed by atoms with van der Waals surface area (Å²) in [7, 11) is -1.79. The minimum atomic E-state index is -1.79. The standard InChI is InChI=1S/C15H22N4O3Si/c1-23(2,3)22-14-10-19(9-13(14)17-18-16)15(20)21-11-12-7-5-4-6-8-12/h4-8,13-14H,9-11H2,1-3H3/t13-,14-/m1/s1. The third kappa shape index (κ3) is 5.28. The molecule has 1 aliphatic rings. The van der Waals surface area contributed by atoms with Gasteiger partial charge in [0.2, 0.25) is 0 Å². The number of azide groups is 1. The minimum Gasteiger partial charge on any atom is -0.445 e. The molecule has 2 rings (SSSR count). The fourth-order valence-corrected chi connectivity index (χ4v) is 3.60. The number of nitrogens with zero attached hydrogens (tertiary/aromatic N) is 4. The lowest BCUT2D eigenvalue weighted by Crippen LogP contribution is -2.38. The van der Waals surface area contributed by atoms with E-state index in [-0.39, 0.29) is 18.8 Å². The van der Waals surface area contributed by atoms with Crippen molar-refractivity contribution in [3.63, 3.8) is 0 Å². The fourth-order valence-electron chi connectivity index (χ4n) is 2.46. The predicted octanol–water partition coefficient (Wildman–Crippen LogP) is 3.54. The van der Waals surface area contributed by atoms with E-state index in [1.165, 1.54) is 0 Å². The summed E-state index contributed by atoms with van der Waals surface area (Å²) in [4.78, 5) is 16.6. The molecule has 0 spiro atoms. The Balaban J connectivity index is 1.94. The largest absolute Gasteiger partial charge is 0.445 e. The van der Waals surface area contributed by atoms with Gasteiger partial charge in [-0.2, -0.15) is 0 Å². The SMILES string of the molecule is C[Si](C)(C)O[C@@H]1CN(C(=O)OCc2ccccc2)C[C@H]1N=[N+]=[N-]. The molecule has 1 aliphatic heterocycles. The molecule has 23 heavy (non-hydrogen) atoms. The average molecular weight is 334 g/mol. The number of carbonyl (C=O) groups excluding carboxylic acids is 1. The van der Waals surface area contributed by atoms with Crippen molar-refractivity contribution < 1.29 is 14.0 Å². The molecule has 8 heteroatoms. The zero-order chi connectivity index (χ0) is 16.9. The Morgan fingerprint density at radius 3 is 2.65 bits per heavy atom. The van der Waals surface area contributed by atoms with E-state index < -0.39 is 14.4 Å². The van der Waals surface area contributed by atoms with Crippen LogP contribution in [-0.4, -0.2) is 44.5 Å². The minimum absolute atomic E-state index is 0.224. The predicted molar refractivity (Wildman–Crippen MR) is 89.4 cm³/mol. The number of rotatable bonds is 5. The van der Waals surface area contributed by atoms with Gasteiger partial charge in [-0.3, -0.25) is 0 Å². The summed E-state index contributed by atoms with van der Waals surface area (Å²) in [5.41, 5.74) is 9.63. The van der Waals surface area contributed by atoms with Gasteiger partial charge in [0.25, 0.3) is 0 Å². The molecule has 1 fully saturated rings. The molecule has 0 aliphatic carbocycles. The highest BCUT2D eigenvalue weighted by atomic mass is 28.4. The third-order valence-electron chi connectivity index (χ3n) is 3.41.